The predicted octanol–water partition coefficient (Wildman–Crippen LogP) is 2.13. The van der Waals surface area contributed by atoms with Gasteiger partial charge >= 0.3 is 21.2 Å². The van der Waals surface area contributed by atoms with Crippen molar-refractivity contribution in [2.24, 2.45) is 0 Å². The fourth-order valence-corrected chi connectivity index (χ4v) is 6.73. The first-order valence-electron chi connectivity index (χ1n) is 12.8. The van der Waals surface area contributed by atoms with E-state index in [2.05, 4.69) is 67.6 Å². The normalized spacial score (nSPS) is 10.7. The van der Waals surface area contributed by atoms with Crippen molar-refractivity contribution in [2.45, 2.75) is 76.0 Å². The van der Waals surface area contributed by atoms with E-state index in [1.54, 1.807) is 30.3 Å². The molecule has 0 spiro atoms. The first kappa shape index (κ1) is 33.1. The second-order valence-electron chi connectivity index (χ2n) is 8.46. The zero-order valence-electron chi connectivity index (χ0n) is 21.3. The largest absolute Gasteiger partial charge is 1.00 e. The lowest BCUT2D eigenvalue weighted by atomic mass is 10.1. The minimum absolute atomic E-state index is 0. The van der Waals surface area contributed by atoms with Crippen LogP contribution in [0.15, 0.2) is 95.9 Å². The van der Waals surface area contributed by atoms with Crippen LogP contribution in [0, 0.1) is 7.14 Å². The van der Waals surface area contributed by atoms with E-state index in [0.717, 1.165) is 12.8 Å². The van der Waals surface area contributed by atoms with Gasteiger partial charge in [-0.3, -0.25) is 4.18 Å². The molecule has 0 heterocycles. The van der Waals surface area contributed by atoms with Crippen LogP contribution in [0.4, 0.5) is 0 Å². The number of halogens is 2. The molecule has 3 nitrogen and oxygen atoms in total. The van der Waals surface area contributed by atoms with Gasteiger partial charge in [-0.05, 0) is 42.8 Å². The van der Waals surface area contributed by atoms with Crippen molar-refractivity contribution < 1.29 is 57.8 Å². The summed E-state index contributed by atoms with van der Waals surface area (Å²) in [5.74, 6) is 0. The van der Waals surface area contributed by atoms with E-state index in [1.165, 1.54) is 58.5 Å². The molecule has 0 aliphatic rings. The Balaban J connectivity index is 0.000000392. The molecule has 3 rings (SSSR count). The highest BCUT2D eigenvalue weighted by Crippen LogP contribution is 2.13. The average molecular weight is 735 g/mol. The van der Waals surface area contributed by atoms with Crippen molar-refractivity contribution in [1.82, 2.24) is 0 Å². The van der Waals surface area contributed by atoms with E-state index in [1.807, 2.05) is 0 Å². The summed E-state index contributed by atoms with van der Waals surface area (Å²) in [7, 11) is -3.57. The summed E-state index contributed by atoms with van der Waals surface area (Å²) < 4.78 is 31.8. The number of benzene rings is 3. The fraction of sp³-hybridized carbons (Fsp3) is 0.400. The zero-order valence-corrected chi connectivity index (χ0v) is 26.5. The summed E-state index contributed by atoms with van der Waals surface area (Å²) >= 11 is 0.0287. The Morgan fingerprint density at radius 3 is 1.42 bits per heavy atom. The zero-order chi connectivity index (χ0) is 25.0. The predicted molar refractivity (Wildman–Crippen MR) is 142 cm³/mol. The molecule has 0 aliphatic carbocycles. The van der Waals surface area contributed by atoms with Gasteiger partial charge < -0.3 is 24.0 Å². The molecule has 0 unspecified atom stereocenters. The second kappa shape index (κ2) is 21.0. The Morgan fingerprint density at radius 2 is 0.972 bits per heavy atom. The van der Waals surface area contributed by atoms with Crippen LogP contribution in [-0.2, 0) is 14.3 Å². The van der Waals surface area contributed by atoms with E-state index in [4.69, 9.17) is 4.18 Å². The lowest BCUT2D eigenvalue weighted by Gasteiger charge is -2.05. The van der Waals surface area contributed by atoms with Crippen molar-refractivity contribution >= 4 is 10.1 Å². The van der Waals surface area contributed by atoms with Gasteiger partial charge in [-0.1, -0.05) is 119 Å². The highest BCUT2D eigenvalue weighted by molar-refractivity contribution is 7.86. The van der Waals surface area contributed by atoms with Crippen molar-refractivity contribution in [3.05, 3.63) is 98.1 Å². The molecule has 36 heavy (non-hydrogen) atoms. The molecule has 0 amide bonds. The summed E-state index contributed by atoms with van der Waals surface area (Å²) in [6, 6.07) is 29.7. The number of hydrogen-bond acceptors (Lipinski definition) is 3. The Bertz CT molecular complexity index is 961. The van der Waals surface area contributed by atoms with Crippen LogP contribution in [-0.4, -0.2) is 15.0 Å². The van der Waals surface area contributed by atoms with Gasteiger partial charge in [0.05, 0.1) is 11.5 Å². The van der Waals surface area contributed by atoms with Crippen molar-refractivity contribution in [3.63, 3.8) is 0 Å². The van der Waals surface area contributed by atoms with Crippen LogP contribution in [0.1, 0.15) is 71.1 Å². The maximum Gasteiger partial charge on any atom is 0.357 e. The van der Waals surface area contributed by atoms with Gasteiger partial charge in [0, 0.05) is 0 Å². The molecular weight excluding hydrogens is 694 g/mol. The topological polar surface area (TPSA) is 43.4 Å². The quantitative estimate of drug-likeness (QED) is 0.137. The first-order valence-corrected chi connectivity index (χ1v) is 16.4. The Kier molecular flexibility index (Phi) is 19.3. The molecule has 3 aromatic carbocycles. The van der Waals surface area contributed by atoms with Gasteiger partial charge in [0.1, 0.15) is 0 Å². The fourth-order valence-electron chi connectivity index (χ4n) is 3.49. The van der Waals surface area contributed by atoms with Crippen LogP contribution >= 0.6 is 0 Å². The molecule has 0 fully saturated rings. The molecule has 0 saturated carbocycles. The second-order valence-corrected chi connectivity index (χ2v) is 13.1. The van der Waals surface area contributed by atoms with Crippen molar-refractivity contribution in [1.29, 1.82) is 0 Å². The molecule has 198 valence electrons. The van der Waals surface area contributed by atoms with E-state index in [-0.39, 0.29) is 56.7 Å². The van der Waals surface area contributed by atoms with Gasteiger partial charge in [0.15, 0.2) is 7.14 Å². The van der Waals surface area contributed by atoms with Gasteiger partial charge in [-0.25, -0.2) is 0 Å². The van der Waals surface area contributed by atoms with Crippen LogP contribution in [0.5, 0.6) is 0 Å². The van der Waals surface area contributed by atoms with E-state index >= 15 is 0 Å². The molecule has 0 saturated heterocycles. The Morgan fingerprint density at radius 1 is 0.583 bits per heavy atom. The molecule has 0 atom stereocenters. The maximum atomic E-state index is 11.9. The van der Waals surface area contributed by atoms with Gasteiger partial charge in [-0.15, -0.1) is 0 Å². The molecule has 0 aromatic heterocycles. The molecule has 0 bridgehead atoms. The monoisotopic (exact) mass is 734 g/mol. The van der Waals surface area contributed by atoms with E-state index in [0.29, 0.717) is 0 Å². The maximum absolute atomic E-state index is 11.9. The standard InChI is InChI=1S/C18H30O3S.C12H10I.HI/c1-2-3-4-5-6-7-8-9-10-14-17-21-22(19,20)18-15-12-11-13-16-18;1-3-7-11(8-4-1)13-12-9-5-2-6-10-12;/h11-13,15-16H,2-10,14,17H2,1H3;1-10H;1H/q;+1;/p-1. The number of unbranched alkanes of at least 4 members (excludes halogenated alkanes) is 9. The highest BCUT2D eigenvalue weighted by atomic mass is 127. The van der Waals surface area contributed by atoms with Gasteiger partial charge in [-0.2, -0.15) is 8.42 Å². The molecule has 3 aromatic rings. The first-order chi connectivity index (χ1) is 17.1. The molecule has 0 aliphatic heterocycles. The SMILES string of the molecule is CCCCCCCCCCCCOS(=O)(=O)c1ccccc1.[I-].c1ccc([I+]c2ccccc2)cc1. The third kappa shape index (κ3) is 15.3. The smallest absolute Gasteiger partial charge is 0.357 e. The van der Waals surface area contributed by atoms with Crippen LogP contribution < -0.4 is 45.2 Å². The minimum atomic E-state index is -3.57. The summed E-state index contributed by atoms with van der Waals surface area (Å²) in [6.45, 7) is 2.52. The van der Waals surface area contributed by atoms with Crippen molar-refractivity contribution in [3.8, 4) is 0 Å². The average Bonchev–Trinajstić information content (AvgIpc) is 2.89. The minimum Gasteiger partial charge on any atom is -1.00 e. The third-order valence-electron chi connectivity index (χ3n) is 5.45. The summed E-state index contributed by atoms with van der Waals surface area (Å²) in [5.41, 5.74) is 0. The van der Waals surface area contributed by atoms with Crippen LogP contribution in [0.3, 0.4) is 0 Å². The highest BCUT2D eigenvalue weighted by Gasteiger charge is 2.14. The summed E-state index contributed by atoms with van der Waals surface area (Å²) in [4.78, 5) is 0.238. The molecule has 0 N–H and O–H groups in total. The Hall–Kier alpha value is -0.970. The van der Waals surface area contributed by atoms with E-state index in [9.17, 15) is 8.42 Å². The molecule has 0 radical (unpaired) electrons. The van der Waals surface area contributed by atoms with Crippen LogP contribution in [0.25, 0.3) is 0 Å². The van der Waals surface area contributed by atoms with Gasteiger partial charge in [0.2, 0.25) is 0 Å². The number of hydrogen-bond donors (Lipinski definition) is 0. The third-order valence-corrected chi connectivity index (χ3v) is 9.46. The summed E-state index contributed by atoms with van der Waals surface area (Å²) in [6.07, 6.45) is 12.3. The lowest BCUT2D eigenvalue weighted by molar-refractivity contribution is -0.597. The number of rotatable bonds is 15. The van der Waals surface area contributed by atoms with Gasteiger partial charge in [0.25, 0.3) is 10.1 Å². The van der Waals surface area contributed by atoms with E-state index < -0.39 is 10.1 Å². The molecular formula is C30H40I2O3S. The van der Waals surface area contributed by atoms with Crippen molar-refractivity contribution in [2.75, 3.05) is 6.61 Å². The lowest BCUT2D eigenvalue weighted by Crippen LogP contribution is -3.61. The summed E-state index contributed by atoms with van der Waals surface area (Å²) in [5, 5.41) is 0. The molecule has 6 heteroatoms. The van der Waals surface area contributed by atoms with Crippen LogP contribution in [0.2, 0.25) is 0 Å². The Labute approximate surface area is 246 Å².